The number of amides is 1. The van der Waals surface area contributed by atoms with Crippen LogP contribution < -0.4 is 4.74 Å². The second-order valence-electron chi connectivity index (χ2n) is 6.09. The van der Waals surface area contributed by atoms with E-state index in [4.69, 9.17) is 21.1 Å². The number of ether oxygens (including phenoxy) is 2. The first kappa shape index (κ1) is 16.6. The first-order valence-electron chi connectivity index (χ1n) is 7.18. The van der Waals surface area contributed by atoms with Gasteiger partial charge >= 0.3 is 6.09 Å². The summed E-state index contributed by atoms with van der Waals surface area (Å²) in [6, 6.07) is 3.63. The van der Waals surface area contributed by atoms with E-state index in [1.54, 1.807) is 11.0 Å². The molecule has 120 valence electrons. The number of rotatable bonds is 2. The van der Waals surface area contributed by atoms with E-state index in [1.165, 1.54) is 7.11 Å². The lowest BCUT2D eigenvalue weighted by molar-refractivity contribution is 0.0270. The first-order chi connectivity index (χ1) is 10.3. The Morgan fingerprint density at radius 1 is 1.36 bits per heavy atom. The molecule has 0 unspecified atom stereocenters. The van der Waals surface area contributed by atoms with Crippen molar-refractivity contribution in [3.8, 4) is 5.88 Å². The van der Waals surface area contributed by atoms with E-state index < -0.39 is 5.60 Å². The van der Waals surface area contributed by atoms with Gasteiger partial charge in [-0.05, 0) is 44.9 Å². The fraction of sp³-hybridized carbons (Fsp3) is 0.500. The third-order valence-electron chi connectivity index (χ3n) is 3.20. The lowest BCUT2D eigenvalue weighted by Crippen LogP contribution is -2.39. The molecule has 0 saturated heterocycles. The van der Waals surface area contributed by atoms with Crippen LogP contribution in [0.2, 0.25) is 5.02 Å². The Kier molecular flexibility index (Phi) is 4.96. The molecular formula is C16H21ClN2O3. The van der Waals surface area contributed by atoms with Gasteiger partial charge in [-0.15, -0.1) is 0 Å². The number of hydrogen-bond donors (Lipinski definition) is 0. The van der Waals surface area contributed by atoms with Crippen molar-refractivity contribution in [2.75, 3.05) is 20.2 Å². The normalized spacial score (nSPS) is 15.3. The molecule has 1 aliphatic rings. The van der Waals surface area contributed by atoms with Crippen molar-refractivity contribution in [3.05, 3.63) is 28.9 Å². The molecule has 2 rings (SSSR count). The van der Waals surface area contributed by atoms with E-state index in [0.29, 0.717) is 24.0 Å². The predicted molar refractivity (Wildman–Crippen MR) is 86.2 cm³/mol. The Labute approximate surface area is 135 Å². The number of carbonyl (C=O) groups excluding carboxylic acids is 1. The van der Waals surface area contributed by atoms with E-state index in [0.717, 1.165) is 17.7 Å². The summed E-state index contributed by atoms with van der Waals surface area (Å²) >= 11 is 5.99. The van der Waals surface area contributed by atoms with E-state index in [-0.39, 0.29) is 6.09 Å². The van der Waals surface area contributed by atoms with Gasteiger partial charge in [0.2, 0.25) is 5.88 Å². The molecule has 0 aromatic carbocycles. The summed E-state index contributed by atoms with van der Waals surface area (Å²) in [7, 11) is 1.54. The summed E-state index contributed by atoms with van der Waals surface area (Å²) in [5, 5.41) is 0.484. The number of nitrogens with zero attached hydrogens (tertiary/aromatic N) is 2. The molecule has 1 amide bonds. The van der Waals surface area contributed by atoms with Crippen LogP contribution in [0.25, 0.3) is 5.57 Å². The number of pyridine rings is 1. The maximum absolute atomic E-state index is 12.0. The van der Waals surface area contributed by atoms with Crippen LogP contribution in [0, 0.1) is 0 Å². The van der Waals surface area contributed by atoms with Crippen molar-refractivity contribution in [1.82, 2.24) is 9.88 Å². The Morgan fingerprint density at radius 3 is 2.64 bits per heavy atom. The van der Waals surface area contributed by atoms with Gasteiger partial charge in [-0.3, -0.25) is 0 Å². The van der Waals surface area contributed by atoms with Crippen LogP contribution in [0.3, 0.4) is 0 Å². The molecule has 0 aliphatic carbocycles. The van der Waals surface area contributed by atoms with Crippen LogP contribution >= 0.6 is 11.6 Å². The summed E-state index contributed by atoms with van der Waals surface area (Å²) in [5.74, 6) is 0.412. The van der Waals surface area contributed by atoms with Crippen molar-refractivity contribution in [1.29, 1.82) is 0 Å². The van der Waals surface area contributed by atoms with Gasteiger partial charge in [-0.2, -0.15) is 0 Å². The van der Waals surface area contributed by atoms with E-state index in [9.17, 15) is 4.79 Å². The number of aromatic nitrogens is 1. The molecule has 2 heterocycles. The summed E-state index contributed by atoms with van der Waals surface area (Å²) in [6.07, 6.45) is 2.42. The molecule has 0 saturated carbocycles. The molecular weight excluding hydrogens is 304 g/mol. The van der Waals surface area contributed by atoms with Crippen molar-refractivity contribution < 1.29 is 14.3 Å². The van der Waals surface area contributed by atoms with E-state index >= 15 is 0 Å². The number of halogens is 1. The Hall–Kier alpha value is -1.75. The highest BCUT2D eigenvalue weighted by atomic mass is 35.5. The SMILES string of the molecule is COc1nc(C2=CCN(C(=O)OC(C)(C)C)CC2)ccc1Cl. The zero-order valence-electron chi connectivity index (χ0n) is 13.4. The molecule has 1 aromatic rings. The molecule has 22 heavy (non-hydrogen) atoms. The van der Waals surface area contributed by atoms with Gasteiger partial charge in [0.15, 0.2) is 0 Å². The molecule has 0 fully saturated rings. The fourth-order valence-corrected chi connectivity index (χ4v) is 2.32. The highest BCUT2D eigenvalue weighted by molar-refractivity contribution is 6.31. The molecule has 5 nitrogen and oxygen atoms in total. The number of hydrogen-bond acceptors (Lipinski definition) is 4. The fourth-order valence-electron chi connectivity index (χ4n) is 2.14. The largest absolute Gasteiger partial charge is 0.480 e. The van der Waals surface area contributed by atoms with Crippen molar-refractivity contribution in [3.63, 3.8) is 0 Å². The van der Waals surface area contributed by atoms with Crippen LogP contribution in [0.1, 0.15) is 32.9 Å². The molecule has 1 aliphatic heterocycles. The number of carbonyl (C=O) groups is 1. The zero-order chi connectivity index (χ0) is 16.3. The van der Waals surface area contributed by atoms with Gasteiger partial charge in [-0.1, -0.05) is 17.7 Å². The van der Waals surface area contributed by atoms with Crippen molar-refractivity contribution in [2.45, 2.75) is 32.8 Å². The van der Waals surface area contributed by atoms with E-state index in [2.05, 4.69) is 4.98 Å². The van der Waals surface area contributed by atoms with Crippen LogP contribution in [0.5, 0.6) is 5.88 Å². The Morgan fingerprint density at radius 2 is 2.09 bits per heavy atom. The summed E-state index contributed by atoms with van der Waals surface area (Å²) < 4.78 is 10.5. The molecule has 0 N–H and O–H groups in total. The topological polar surface area (TPSA) is 51.7 Å². The van der Waals surface area contributed by atoms with Gasteiger partial charge in [-0.25, -0.2) is 9.78 Å². The third kappa shape index (κ3) is 4.13. The predicted octanol–water partition coefficient (Wildman–Crippen LogP) is 3.77. The van der Waals surface area contributed by atoms with Gasteiger partial charge in [0.25, 0.3) is 0 Å². The van der Waals surface area contributed by atoms with Crippen molar-refractivity contribution >= 4 is 23.3 Å². The van der Waals surface area contributed by atoms with Crippen LogP contribution in [0.4, 0.5) is 4.79 Å². The van der Waals surface area contributed by atoms with Gasteiger partial charge in [0.1, 0.15) is 10.6 Å². The second kappa shape index (κ2) is 6.57. The second-order valence-corrected chi connectivity index (χ2v) is 6.50. The third-order valence-corrected chi connectivity index (χ3v) is 3.48. The highest BCUT2D eigenvalue weighted by Gasteiger charge is 2.24. The molecule has 1 aromatic heterocycles. The maximum Gasteiger partial charge on any atom is 0.410 e. The Bertz CT molecular complexity index is 594. The number of methoxy groups -OCH3 is 1. The minimum Gasteiger partial charge on any atom is -0.480 e. The Balaban J connectivity index is 2.07. The van der Waals surface area contributed by atoms with Crippen molar-refractivity contribution in [2.24, 2.45) is 0 Å². The lowest BCUT2D eigenvalue weighted by Gasteiger charge is -2.29. The molecule has 0 bridgehead atoms. The highest BCUT2D eigenvalue weighted by Crippen LogP contribution is 2.27. The monoisotopic (exact) mass is 324 g/mol. The lowest BCUT2D eigenvalue weighted by atomic mass is 10.0. The van der Waals surface area contributed by atoms with Crippen LogP contribution in [-0.4, -0.2) is 41.8 Å². The standard InChI is InChI=1S/C16H21ClN2O3/c1-16(2,3)22-15(20)19-9-7-11(8-10-19)13-6-5-12(17)14(18-13)21-4/h5-7H,8-10H2,1-4H3. The maximum atomic E-state index is 12.0. The summed E-state index contributed by atoms with van der Waals surface area (Å²) in [5.41, 5.74) is 1.42. The van der Waals surface area contributed by atoms with Gasteiger partial charge in [0.05, 0.1) is 12.8 Å². The molecule has 0 spiro atoms. The minimum atomic E-state index is -0.480. The van der Waals surface area contributed by atoms with E-state index in [1.807, 2.05) is 32.9 Å². The van der Waals surface area contributed by atoms with Crippen LogP contribution in [0.15, 0.2) is 18.2 Å². The average molecular weight is 325 g/mol. The molecule has 0 radical (unpaired) electrons. The van der Waals surface area contributed by atoms with Crippen LogP contribution in [-0.2, 0) is 4.74 Å². The van der Waals surface area contributed by atoms with Gasteiger partial charge in [0, 0.05) is 13.1 Å². The quantitative estimate of drug-likeness (QED) is 0.831. The molecule has 0 atom stereocenters. The summed E-state index contributed by atoms with van der Waals surface area (Å²) in [4.78, 5) is 18.1. The zero-order valence-corrected chi connectivity index (χ0v) is 14.1. The smallest absolute Gasteiger partial charge is 0.410 e. The molecule has 6 heteroatoms. The minimum absolute atomic E-state index is 0.288. The average Bonchev–Trinajstić information content (AvgIpc) is 2.46. The first-order valence-corrected chi connectivity index (χ1v) is 7.56. The summed E-state index contributed by atoms with van der Waals surface area (Å²) in [6.45, 7) is 6.70. The van der Waals surface area contributed by atoms with Gasteiger partial charge < -0.3 is 14.4 Å².